The second kappa shape index (κ2) is 9.29. The number of amides is 4. The molecule has 7 nitrogen and oxygen atoms in total. The van der Waals surface area contributed by atoms with E-state index in [4.69, 9.17) is 4.74 Å². The highest BCUT2D eigenvalue weighted by Gasteiger charge is 2.36. The van der Waals surface area contributed by atoms with E-state index in [-0.39, 0.29) is 18.1 Å². The summed E-state index contributed by atoms with van der Waals surface area (Å²) >= 11 is 0. The number of carbonyl (C=O) groups is 2. The number of ether oxygens (including phenoxy) is 1. The molecule has 31 heavy (non-hydrogen) atoms. The lowest BCUT2D eigenvalue weighted by atomic mass is 10.0. The molecule has 0 aromatic heterocycles. The first-order chi connectivity index (χ1) is 15.0. The summed E-state index contributed by atoms with van der Waals surface area (Å²) in [5.41, 5.74) is 3.04. The number of anilines is 1. The number of nitrogens with zero attached hydrogens (tertiary/aromatic N) is 3. The number of hydrogen-bond donors (Lipinski definition) is 1. The predicted octanol–water partition coefficient (Wildman–Crippen LogP) is 3.94. The minimum atomic E-state index is -0.128. The van der Waals surface area contributed by atoms with Gasteiger partial charge in [-0.15, -0.1) is 0 Å². The number of nitrogens with one attached hydrogen (secondary N) is 1. The quantitative estimate of drug-likeness (QED) is 0.794. The molecule has 0 radical (unpaired) electrons. The van der Waals surface area contributed by atoms with Gasteiger partial charge >= 0.3 is 12.1 Å². The van der Waals surface area contributed by atoms with Crippen molar-refractivity contribution in [3.05, 3.63) is 59.7 Å². The van der Waals surface area contributed by atoms with E-state index >= 15 is 0 Å². The van der Waals surface area contributed by atoms with E-state index in [0.29, 0.717) is 31.1 Å². The van der Waals surface area contributed by atoms with Crippen molar-refractivity contribution < 1.29 is 14.3 Å². The Balaban J connectivity index is 1.29. The van der Waals surface area contributed by atoms with Crippen molar-refractivity contribution in [2.45, 2.75) is 32.4 Å². The van der Waals surface area contributed by atoms with Crippen LogP contribution in [-0.2, 0) is 6.54 Å². The molecular formula is C24H30N4O3. The Morgan fingerprint density at radius 3 is 2.45 bits per heavy atom. The van der Waals surface area contributed by atoms with Gasteiger partial charge in [-0.1, -0.05) is 42.0 Å². The van der Waals surface area contributed by atoms with Gasteiger partial charge in [-0.05, 0) is 37.5 Å². The number of benzene rings is 2. The first kappa shape index (κ1) is 21.0. The maximum absolute atomic E-state index is 12.9. The minimum absolute atomic E-state index is 0.109. The Morgan fingerprint density at radius 2 is 1.74 bits per heavy atom. The second-order valence-corrected chi connectivity index (χ2v) is 8.23. The van der Waals surface area contributed by atoms with Crippen LogP contribution < -0.4 is 10.1 Å². The summed E-state index contributed by atoms with van der Waals surface area (Å²) in [5.74, 6) is 0.641. The fourth-order valence-electron chi connectivity index (χ4n) is 4.32. The molecule has 2 aliphatic rings. The Kier molecular flexibility index (Phi) is 6.30. The lowest BCUT2D eigenvalue weighted by Crippen LogP contribution is -2.49. The van der Waals surface area contributed by atoms with Crippen LogP contribution >= 0.6 is 0 Å². The van der Waals surface area contributed by atoms with Crippen LogP contribution in [0.1, 0.15) is 24.0 Å². The number of urea groups is 2. The van der Waals surface area contributed by atoms with Crippen molar-refractivity contribution in [3.8, 4) is 5.75 Å². The lowest BCUT2D eigenvalue weighted by Gasteiger charge is -2.36. The zero-order chi connectivity index (χ0) is 21.8. The Labute approximate surface area is 183 Å². The molecule has 4 amide bonds. The molecule has 2 heterocycles. The van der Waals surface area contributed by atoms with Gasteiger partial charge in [0.15, 0.2) is 0 Å². The monoisotopic (exact) mass is 422 g/mol. The van der Waals surface area contributed by atoms with Gasteiger partial charge in [-0.2, -0.15) is 0 Å². The average Bonchev–Trinajstić information content (AvgIpc) is 3.15. The van der Waals surface area contributed by atoms with Crippen LogP contribution in [0.5, 0.6) is 5.75 Å². The second-order valence-electron chi connectivity index (χ2n) is 8.23. The zero-order valence-electron chi connectivity index (χ0n) is 18.2. The summed E-state index contributed by atoms with van der Waals surface area (Å²) in [5, 5.41) is 2.94. The summed E-state index contributed by atoms with van der Waals surface area (Å²) in [7, 11) is 1.59. The highest BCUT2D eigenvalue weighted by molar-refractivity contribution is 5.91. The molecule has 0 aliphatic carbocycles. The Hall–Kier alpha value is -3.22. The zero-order valence-corrected chi connectivity index (χ0v) is 18.2. The molecule has 2 aromatic rings. The van der Waals surface area contributed by atoms with Crippen LogP contribution in [0.4, 0.5) is 15.3 Å². The third-order valence-electron chi connectivity index (χ3n) is 6.16. The van der Waals surface area contributed by atoms with Gasteiger partial charge in [0, 0.05) is 38.8 Å². The molecule has 0 saturated carbocycles. The minimum Gasteiger partial charge on any atom is -0.495 e. The fraction of sp³-hybridized carbons (Fsp3) is 0.417. The predicted molar refractivity (Wildman–Crippen MR) is 120 cm³/mol. The van der Waals surface area contributed by atoms with Crippen molar-refractivity contribution in [1.82, 2.24) is 14.7 Å². The van der Waals surface area contributed by atoms with Gasteiger partial charge in [-0.25, -0.2) is 9.59 Å². The maximum atomic E-state index is 12.9. The van der Waals surface area contributed by atoms with Gasteiger partial charge in [0.25, 0.3) is 0 Å². The third kappa shape index (κ3) is 4.76. The van der Waals surface area contributed by atoms with Crippen LogP contribution in [0.25, 0.3) is 0 Å². The molecule has 0 bridgehead atoms. The molecule has 2 aromatic carbocycles. The van der Waals surface area contributed by atoms with Crippen molar-refractivity contribution in [1.29, 1.82) is 0 Å². The van der Waals surface area contributed by atoms with Crippen LogP contribution in [0.15, 0.2) is 48.5 Å². The summed E-state index contributed by atoms with van der Waals surface area (Å²) in [6, 6.07) is 15.9. The highest BCUT2D eigenvalue weighted by atomic mass is 16.5. The fourth-order valence-corrected chi connectivity index (χ4v) is 4.32. The topological polar surface area (TPSA) is 65.1 Å². The van der Waals surface area contributed by atoms with Crippen LogP contribution in [0, 0.1) is 6.92 Å². The van der Waals surface area contributed by atoms with Gasteiger partial charge in [0.05, 0.1) is 12.8 Å². The van der Waals surface area contributed by atoms with Gasteiger partial charge in [-0.3, -0.25) is 0 Å². The van der Waals surface area contributed by atoms with Crippen LogP contribution in [-0.4, -0.2) is 66.1 Å². The lowest BCUT2D eigenvalue weighted by molar-refractivity contribution is 0.139. The molecule has 7 heteroatoms. The average molecular weight is 423 g/mol. The molecule has 2 aliphatic heterocycles. The third-order valence-corrected chi connectivity index (χ3v) is 6.16. The van der Waals surface area contributed by atoms with E-state index in [1.54, 1.807) is 7.11 Å². The van der Waals surface area contributed by atoms with Gasteiger partial charge < -0.3 is 24.8 Å². The largest absolute Gasteiger partial charge is 0.495 e. The number of likely N-dealkylation sites (tertiary alicyclic amines) is 1. The molecule has 0 spiro atoms. The Morgan fingerprint density at radius 1 is 1.03 bits per heavy atom. The van der Waals surface area contributed by atoms with Crippen molar-refractivity contribution in [3.63, 3.8) is 0 Å². The van der Waals surface area contributed by atoms with Crippen molar-refractivity contribution >= 4 is 17.7 Å². The van der Waals surface area contributed by atoms with E-state index in [1.807, 2.05) is 39.0 Å². The van der Waals surface area contributed by atoms with E-state index in [1.165, 1.54) is 5.56 Å². The summed E-state index contributed by atoms with van der Waals surface area (Å²) in [6.07, 6.45) is 1.59. The molecule has 164 valence electrons. The maximum Gasteiger partial charge on any atom is 0.321 e. The van der Waals surface area contributed by atoms with E-state index < -0.39 is 0 Å². The summed E-state index contributed by atoms with van der Waals surface area (Å²) in [4.78, 5) is 31.4. The standard InChI is InChI=1S/C24H30N4O3/c1-18-7-9-19(10-8-18)17-27-15-16-28(24(27)30)20-11-13-26(14-12-20)23(29)25-21-5-3-4-6-22(21)31-2/h3-10,20H,11-17H2,1-2H3,(H,25,29). The molecule has 2 saturated heterocycles. The number of para-hydroxylation sites is 2. The number of hydrogen-bond acceptors (Lipinski definition) is 3. The first-order valence-electron chi connectivity index (χ1n) is 10.8. The molecule has 0 unspecified atom stereocenters. The first-order valence-corrected chi connectivity index (χ1v) is 10.8. The molecule has 2 fully saturated rings. The van der Waals surface area contributed by atoms with Gasteiger partial charge in [0.1, 0.15) is 5.75 Å². The normalized spacial score (nSPS) is 17.2. The number of rotatable bonds is 5. The molecule has 0 atom stereocenters. The molecular weight excluding hydrogens is 392 g/mol. The highest BCUT2D eigenvalue weighted by Crippen LogP contribution is 2.26. The number of carbonyl (C=O) groups excluding carboxylic acids is 2. The summed E-state index contributed by atoms with van der Waals surface area (Å²) in [6.45, 7) is 5.48. The Bertz CT molecular complexity index is 923. The number of methoxy groups -OCH3 is 1. The molecule has 4 rings (SSSR count). The number of piperidine rings is 1. The smallest absolute Gasteiger partial charge is 0.321 e. The summed E-state index contributed by atoms with van der Waals surface area (Å²) < 4.78 is 5.31. The number of aryl methyl sites for hydroxylation is 1. The van der Waals surface area contributed by atoms with Crippen LogP contribution in [0.2, 0.25) is 0 Å². The van der Waals surface area contributed by atoms with E-state index in [2.05, 4.69) is 36.5 Å². The molecule has 1 N–H and O–H groups in total. The van der Waals surface area contributed by atoms with Crippen LogP contribution in [0.3, 0.4) is 0 Å². The van der Waals surface area contributed by atoms with E-state index in [9.17, 15) is 9.59 Å². The van der Waals surface area contributed by atoms with Gasteiger partial charge in [0.2, 0.25) is 0 Å². The van der Waals surface area contributed by atoms with E-state index in [0.717, 1.165) is 31.5 Å². The SMILES string of the molecule is COc1ccccc1NC(=O)N1CCC(N2CCN(Cc3ccc(C)cc3)C2=O)CC1. The van der Waals surface area contributed by atoms with Crippen molar-refractivity contribution in [2.24, 2.45) is 0 Å². The van der Waals surface area contributed by atoms with Crippen molar-refractivity contribution in [2.75, 3.05) is 38.6 Å².